The van der Waals surface area contributed by atoms with Gasteiger partial charge in [0.15, 0.2) is 0 Å². The predicted octanol–water partition coefficient (Wildman–Crippen LogP) is 3.27. The molecule has 0 fully saturated rings. The number of benzene rings is 1. The predicted molar refractivity (Wildman–Crippen MR) is 60.8 cm³/mol. The van der Waals surface area contributed by atoms with E-state index in [0.29, 0.717) is 23.1 Å². The summed E-state index contributed by atoms with van der Waals surface area (Å²) in [7, 11) is 0. The first-order valence-corrected chi connectivity index (χ1v) is 4.79. The molecule has 1 rings (SSSR count). The Bertz CT molecular complexity index is 343. The van der Waals surface area contributed by atoms with Crippen LogP contribution in [0, 0.1) is 0 Å². The maximum atomic E-state index is 5.94. The van der Waals surface area contributed by atoms with Crippen LogP contribution in [0.1, 0.15) is 13.8 Å². The normalized spacial score (nSPS) is 9.64. The highest BCUT2D eigenvalue weighted by molar-refractivity contribution is 6.34. The minimum atomic E-state index is 0.481. The molecular weight excluding hydrogens is 198 g/mol. The molecule has 0 atom stereocenters. The molecular formula is C11H14ClNO. The van der Waals surface area contributed by atoms with E-state index in [0.717, 1.165) is 0 Å². The Morgan fingerprint density at radius 1 is 1.50 bits per heavy atom. The number of hydrogen-bond donors (Lipinski definition) is 1. The summed E-state index contributed by atoms with van der Waals surface area (Å²) in [6.07, 6.45) is 1.99. The standard InChI is InChI=1S/C11H14ClNO/c1-8(2)6-7-14-10-5-3-4-9(13)11(10)12/h3-6H,7,13H2,1-2H3. The van der Waals surface area contributed by atoms with E-state index in [2.05, 4.69) is 0 Å². The maximum Gasteiger partial charge on any atom is 0.140 e. The van der Waals surface area contributed by atoms with Crippen LogP contribution in [-0.2, 0) is 0 Å². The summed E-state index contributed by atoms with van der Waals surface area (Å²) in [6.45, 7) is 4.56. The van der Waals surface area contributed by atoms with Crippen LogP contribution in [-0.4, -0.2) is 6.61 Å². The number of nitrogens with two attached hydrogens (primary N) is 1. The zero-order chi connectivity index (χ0) is 10.6. The van der Waals surface area contributed by atoms with Crippen molar-refractivity contribution < 1.29 is 4.74 Å². The quantitative estimate of drug-likeness (QED) is 0.615. The number of rotatable bonds is 3. The van der Waals surface area contributed by atoms with Crippen LogP contribution >= 0.6 is 11.6 Å². The van der Waals surface area contributed by atoms with E-state index in [9.17, 15) is 0 Å². The van der Waals surface area contributed by atoms with Gasteiger partial charge < -0.3 is 10.5 Å². The lowest BCUT2D eigenvalue weighted by molar-refractivity contribution is 0.362. The van der Waals surface area contributed by atoms with Gasteiger partial charge in [-0.3, -0.25) is 0 Å². The van der Waals surface area contributed by atoms with Crippen LogP contribution in [0.25, 0.3) is 0 Å². The highest BCUT2D eigenvalue weighted by Crippen LogP contribution is 2.29. The number of nitrogen functional groups attached to an aromatic ring is 1. The van der Waals surface area contributed by atoms with E-state index < -0.39 is 0 Å². The SMILES string of the molecule is CC(C)=CCOc1cccc(N)c1Cl. The molecule has 0 aliphatic carbocycles. The van der Waals surface area contributed by atoms with E-state index in [1.165, 1.54) is 5.57 Å². The van der Waals surface area contributed by atoms with Crippen LogP contribution in [0.3, 0.4) is 0 Å². The Labute approximate surface area is 89.3 Å². The number of ether oxygens (including phenoxy) is 1. The lowest BCUT2D eigenvalue weighted by atomic mass is 10.3. The minimum Gasteiger partial charge on any atom is -0.488 e. The second-order valence-electron chi connectivity index (χ2n) is 3.25. The molecule has 0 aromatic heterocycles. The third-order valence-corrected chi connectivity index (χ3v) is 2.13. The van der Waals surface area contributed by atoms with Gasteiger partial charge in [-0.2, -0.15) is 0 Å². The van der Waals surface area contributed by atoms with Gasteiger partial charge in [0.05, 0.1) is 5.69 Å². The van der Waals surface area contributed by atoms with E-state index in [-0.39, 0.29) is 0 Å². The highest BCUT2D eigenvalue weighted by Gasteiger charge is 2.02. The molecule has 0 unspecified atom stereocenters. The summed E-state index contributed by atoms with van der Waals surface area (Å²) in [5, 5.41) is 0.481. The second-order valence-corrected chi connectivity index (χ2v) is 3.63. The average Bonchev–Trinajstić information content (AvgIpc) is 2.12. The van der Waals surface area contributed by atoms with E-state index in [4.69, 9.17) is 22.1 Å². The first-order chi connectivity index (χ1) is 6.61. The lowest BCUT2D eigenvalue weighted by Gasteiger charge is -2.07. The molecule has 0 bridgehead atoms. The molecule has 2 N–H and O–H groups in total. The van der Waals surface area contributed by atoms with Gasteiger partial charge in [0.2, 0.25) is 0 Å². The minimum absolute atomic E-state index is 0.481. The molecule has 0 saturated heterocycles. The van der Waals surface area contributed by atoms with Crippen molar-refractivity contribution in [3.63, 3.8) is 0 Å². The summed E-state index contributed by atoms with van der Waals surface area (Å²) in [4.78, 5) is 0. The monoisotopic (exact) mass is 211 g/mol. The fourth-order valence-electron chi connectivity index (χ4n) is 0.937. The summed E-state index contributed by atoms with van der Waals surface area (Å²) in [5.41, 5.74) is 7.38. The Balaban J connectivity index is 2.68. The zero-order valence-corrected chi connectivity index (χ0v) is 9.14. The molecule has 0 spiro atoms. The van der Waals surface area contributed by atoms with Gasteiger partial charge in [0.25, 0.3) is 0 Å². The first kappa shape index (κ1) is 10.9. The summed E-state index contributed by atoms with van der Waals surface area (Å²) in [5.74, 6) is 0.629. The third kappa shape index (κ3) is 2.96. The Hall–Kier alpha value is -1.15. The molecule has 0 saturated carbocycles. The fourth-order valence-corrected chi connectivity index (χ4v) is 1.12. The van der Waals surface area contributed by atoms with Crippen LogP contribution < -0.4 is 10.5 Å². The van der Waals surface area contributed by atoms with Gasteiger partial charge in [-0.1, -0.05) is 23.2 Å². The van der Waals surface area contributed by atoms with Crippen LogP contribution in [0.2, 0.25) is 5.02 Å². The average molecular weight is 212 g/mol. The van der Waals surface area contributed by atoms with E-state index >= 15 is 0 Å². The van der Waals surface area contributed by atoms with Gasteiger partial charge in [0, 0.05) is 0 Å². The molecule has 14 heavy (non-hydrogen) atoms. The molecule has 0 radical (unpaired) electrons. The Kier molecular flexibility index (Phi) is 3.84. The van der Waals surface area contributed by atoms with Crippen molar-refractivity contribution in [2.24, 2.45) is 0 Å². The molecule has 2 nitrogen and oxygen atoms in total. The fraction of sp³-hybridized carbons (Fsp3) is 0.273. The van der Waals surface area contributed by atoms with Gasteiger partial charge in [-0.15, -0.1) is 0 Å². The van der Waals surface area contributed by atoms with Crippen molar-refractivity contribution in [1.29, 1.82) is 0 Å². The van der Waals surface area contributed by atoms with Gasteiger partial charge >= 0.3 is 0 Å². The first-order valence-electron chi connectivity index (χ1n) is 4.41. The summed E-state index contributed by atoms with van der Waals surface area (Å²) in [6, 6.07) is 5.37. The van der Waals surface area contributed by atoms with Gasteiger partial charge in [0.1, 0.15) is 17.4 Å². The molecule has 0 aliphatic heterocycles. The number of halogens is 1. The van der Waals surface area contributed by atoms with Crippen molar-refractivity contribution in [3.8, 4) is 5.75 Å². The van der Waals surface area contributed by atoms with Crippen LogP contribution in [0.15, 0.2) is 29.8 Å². The van der Waals surface area contributed by atoms with Crippen molar-refractivity contribution >= 4 is 17.3 Å². The van der Waals surface area contributed by atoms with Gasteiger partial charge in [-0.05, 0) is 32.1 Å². The third-order valence-electron chi connectivity index (χ3n) is 1.72. The van der Waals surface area contributed by atoms with E-state index in [1.807, 2.05) is 26.0 Å². The van der Waals surface area contributed by atoms with Crippen LogP contribution in [0.4, 0.5) is 5.69 Å². The highest BCUT2D eigenvalue weighted by atomic mass is 35.5. The van der Waals surface area contributed by atoms with Crippen molar-refractivity contribution in [2.45, 2.75) is 13.8 Å². The Morgan fingerprint density at radius 3 is 2.86 bits per heavy atom. The molecule has 3 heteroatoms. The molecule has 0 amide bonds. The summed E-state index contributed by atoms with van der Waals surface area (Å²) < 4.78 is 5.44. The zero-order valence-electron chi connectivity index (χ0n) is 8.38. The second kappa shape index (κ2) is 4.91. The maximum absolute atomic E-state index is 5.94. The number of hydrogen-bond acceptors (Lipinski definition) is 2. The van der Waals surface area contributed by atoms with Crippen LogP contribution in [0.5, 0.6) is 5.75 Å². The molecule has 0 heterocycles. The largest absolute Gasteiger partial charge is 0.488 e. The van der Waals surface area contributed by atoms with E-state index in [1.54, 1.807) is 12.1 Å². The summed E-state index contributed by atoms with van der Waals surface area (Å²) >= 11 is 5.94. The number of allylic oxidation sites excluding steroid dienone is 1. The van der Waals surface area contributed by atoms with Crippen molar-refractivity contribution in [2.75, 3.05) is 12.3 Å². The Morgan fingerprint density at radius 2 is 2.21 bits per heavy atom. The smallest absolute Gasteiger partial charge is 0.140 e. The molecule has 0 aliphatic rings. The molecule has 1 aromatic carbocycles. The topological polar surface area (TPSA) is 35.2 Å². The number of anilines is 1. The van der Waals surface area contributed by atoms with Crippen molar-refractivity contribution in [1.82, 2.24) is 0 Å². The van der Waals surface area contributed by atoms with Gasteiger partial charge in [-0.25, -0.2) is 0 Å². The van der Waals surface area contributed by atoms with Crippen molar-refractivity contribution in [3.05, 3.63) is 34.9 Å². The molecule has 76 valence electrons. The lowest BCUT2D eigenvalue weighted by Crippen LogP contribution is -1.96. The molecule has 1 aromatic rings.